The first-order chi connectivity index (χ1) is 34.5. The number of fused-ring (bicyclic) bond motifs is 2. The predicted molar refractivity (Wildman–Crippen MR) is 261 cm³/mol. The van der Waals surface area contributed by atoms with E-state index in [2.05, 4.69) is 43.6 Å². The van der Waals surface area contributed by atoms with E-state index in [4.69, 9.17) is 18.9 Å². The van der Waals surface area contributed by atoms with Crippen molar-refractivity contribution in [2.75, 3.05) is 43.0 Å². The summed E-state index contributed by atoms with van der Waals surface area (Å²) < 4.78 is 94.3. The van der Waals surface area contributed by atoms with Gasteiger partial charge in [-0.3, -0.25) is 18.4 Å². The fraction of sp³-hybridized carbons (Fsp3) is 0.476. The summed E-state index contributed by atoms with van der Waals surface area (Å²) in [5.74, 6) is 0.258. The summed E-state index contributed by atoms with van der Waals surface area (Å²) >= 11 is 0. The molecular weight excluding hydrogens is 1050 g/mol. The average Bonchev–Trinajstić information content (AvgIpc) is 3.86. The number of aromatic nitrogens is 5. The minimum atomic E-state index is -5.78. The third kappa shape index (κ3) is 16.3. The van der Waals surface area contributed by atoms with E-state index >= 15 is 0 Å². The van der Waals surface area contributed by atoms with Crippen molar-refractivity contribution in [2.45, 2.75) is 101 Å². The molecule has 6 rings (SSSR count). The predicted octanol–water partition coefficient (Wildman–Crippen LogP) is 3.80. The van der Waals surface area contributed by atoms with E-state index in [1.165, 1.54) is 35.6 Å². The van der Waals surface area contributed by atoms with Crippen LogP contribution in [0.15, 0.2) is 69.4 Å². The number of aliphatic hydroxyl groups is 2. The molecule has 73 heavy (non-hydrogen) atoms. The van der Waals surface area contributed by atoms with E-state index in [9.17, 15) is 56.3 Å². The minimum absolute atomic E-state index is 0.0965. The van der Waals surface area contributed by atoms with Gasteiger partial charge in [-0.05, 0) is 69.9 Å². The maximum absolute atomic E-state index is 12.9. The molecule has 5 aromatic rings. The lowest BCUT2D eigenvalue weighted by atomic mass is 10.1. The third-order valence-corrected chi connectivity index (χ3v) is 16.1. The largest absolute Gasteiger partial charge is 0.490 e. The van der Waals surface area contributed by atoms with Crippen LogP contribution in [0.3, 0.4) is 0 Å². The average molecular weight is 1100 g/mol. The number of carbonyl (C=O) groups excluding carboxylic acids is 1. The summed E-state index contributed by atoms with van der Waals surface area (Å²) in [5, 5.41) is 28.1. The highest BCUT2D eigenvalue weighted by atomic mass is 32.2. The van der Waals surface area contributed by atoms with E-state index in [1.807, 2.05) is 32.0 Å². The van der Waals surface area contributed by atoms with Crippen LogP contribution in [0.2, 0.25) is 0 Å². The van der Waals surface area contributed by atoms with Crippen LogP contribution >= 0.6 is 23.5 Å². The Morgan fingerprint density at radius 1 is 0.890 bits per heavy atom. The number of benzene rings is 1. The highest BCUT2D eigenvalue weighted by Gasteiger charge is 2.47. The Morgan fingerprint density at radius 2 is 1.62 bits per heavy atom. The summed E-state index contributed by atoms with van der Waals surface area (Å²) in [4.78, 5) is 76.6. The van der Waals surface area contributed by atoms with Crippen LogP contribution in [0.4, 0.5) is 11.5 Å². The van der Waals surface area contributed by atoms with Crippen molar-refractivity contribution >= 4 is 85.3 Å². The molecule has 400 valence electrons. The summed E-state index contributed by atoms with van der Waals surface area (Å²) in [5.41, 5.74) is 2.23. The summed E-state index contributed by atoms with van der Waals surface area (Å²) in [6.45, 7) is 6.05. The molecule has 5 heterocycles. The lowest BCUT2D eigenvalue weighted by Gasteiger charge is -2.20. The van der Waals surface area contributed by atoms with Crippen molar-refractivity contribution in [3.8, 4) is 0 Å². The molecule has 4 aromatic heterocycles. The van der Waals surface area contributed by atoms with Crippen LogP contribution in [-0.2, 0) is 53.0 Å². The van der Waals surface area contributed by atoms with Gasteiger partial charge in [0, 0.05) is 68.3 Å². The molecule has 27 nitrogen and oxygen atoms in total. The van der Waals surface area contributed by atoms with Gasteiger partial charge in [0.2, 0.25) is 11.6 Å². The zero-order valence-electron chi connectivity index (χ0n) is 39.5. The molecule has 1 aromatic carbocycles. The summed E-state index contributed by atoms with van der Waals surface area (Å²) in [7, 11) is -21.4. The number of pyridine rings is 1. The Balaban J connectivity index is 0.892. The normalized spacial score (nSPS) is 19.1. The van der Waals surface area contributed by atoms with Crippen molar-refractivity contribution < 1.29 is 88.1 Å². The number of carbonyl (C=O) groups is 1. The zero-order valence-corrected chi connectivity index (χ0v) is 43.0. The Bertz CT molecular complexity index is 3080. The molecule has 1 amide bonds. The standard InChI is InChI=1S/C42H57N8O19P3S/c1-3-48(4-2)31-16-13-28-22-29(42(54)67-33(28)23-31)14-15-30-17-18-32(73(62,63)64)24-49(30)21-11-7-8-12-35(51)43-19-9-5-6-10-20-44-39-36-40(46-26-45-39)50(27-47-36)41-38(53)37(52)34(66-41)25-65-71(58,59)69-72(60,61)68-70(55,56)57/h13-18,22-24,26-27,34,37-38,41,52-53H,3-12,19-21,25H2,1-2H3,(H6-,43,44,45,46,51,55,56,57,58,59,60,61,62,63,64)/p+1/t34-,37-,38-,41-/m1/s1. The number of nitrogens with one attached hydrogen (secondary N) is 2. The number of ether oxygens (including phenoxy) is 1. The number of anilines is 2. The van der Waals surface area contributed by atoms with E-state index in [1.54, 1.807) is 22.8 Å². The van der Waals surface area contributed by atoms with E-state index in [0.29, 0.717) is 68.0 Å². The zero-order chi connectivity index (χ0) is 53.1. The van der Waals surface area contributed by atoms with Crippen LogP contribution in [-0.4, -0.2) is 119 Å². The van der Waals surface area contributed by atoms with Gasteiger partial charge in [0.1, 0.15) is 36.8 Å². The Labute approximate surface area is 418 Å². The number of aliphatic hydroxyl groups excluding tert-OH is 2. The highest BCUT2D eigenvalue weighted by molar-refractivity contribution is 7.85. The highest BCUT2D eigenvalue weighted by Crippen LogP contribution is 2.66. The van der Waals surface area contributed by atoms with Gasteiger partial charge in [-0.2, -0.15) is 21.6 Å². The minimum Gasteiger partial charge on any atom is -0.422 e. The molecule has 9 N–H and O–H groups in total. The Morgan fingerprint density at radius 3 is 2.33 bits per heavy atom. The smallest absolute Gasteiger partial charge is 0.422 e. The monoisotopic (exact) mass is 1100 g/mol. The number of rotatable bonds is 28. The fourth-order valence-corrected chi connectivity index (χ4v) is 11.4. The molecule has 1 saturated heterocycles. The van der Waals surface area contributed by atoms with Crippen molar-refractivity contribution in [2.24, 2.45) is 0 Å². The van der Waals surface area contributed by atoms with Gasteiger partial charge in [-0.25, -0.2) is 33.4 Å². The molecule has 6 atom stereocenters. The molecule has 0 saturated carbocycles. The SMILES string of the molecule is CCN(CC)c1ccc2cc(/C=C/c3ccc(S(=O)(=O)O)c[n+]3CCCCCC(=O)NCCCCCCNc3ncnc4c3ncn4[C@@H]3O[C@H](COP(=O)(O)OP(=O)(O)OP(=O)(O)O)[C@@H](O)[C@H]3O)c(=O)oc2c1. The molecule has 1 fully saturated rings. The number of hydrogen-bond donors (Lipinski definition) is 9. The van der Waals surface area contributed by atoms with E-state index < -0.39 is 70.4 Å². The van der Waals surface area contributed by atoms with E-state index in [-0.39, 0.29) is 22.0 Å². The number of nitrogens with zero attached hydrogens (tertiary/aromatic N) is 6. The van der Waals surface area contributed by atoms with Crippen LogP contribution in [0.25, 0.3) is 34.3 Å². The van der Waals surface area contributed by atoms with Crippen LogP contribution in [0.5, 0.6) is 0 Å². The number of phosphoric acid groups is 3. The fourth-order valence-electron chi connectivity index (χ4n) is 7.83. The number of imidazole rings is 1. The Hall–Kier alpha value is -4.86. The third-order valence-electron chi connectivity index (χ3n) is 11.4. The molecule has 0 radical (unpaired) electrons. The van der Waals surface area contributed by atoms with Gasteiger partial charge < -0.3 is 54.5 Å². The van der Waals surface area contributed by atoms with Gasteiger partial charge in [0.15, 0.2) is 34.3 Å². The van der Waals surface area contributed by atoms with E-state index in [0.717, 1.165) is 49.8 Å². The van der Waals surface area contributed by atoms with Crippen molar-refractivity contribution in [1.29, 1.82) is 0 Å². The van der Waals surface area contributed by atoms with Crippen molar-refractivity contribution in [3.05, 3.63) is 76.9 Å². The van der Waals surface area contributed by atoms with Crippen LogP contribution < -0.4 is 25.7 Å². The van der Waals surface area contributed by atoms with Crippen LogP contribution in [0, 0.1) is 0 Å². The quantitative estimate of drug-likeness (QED) is 0.0113. The maximum Gasteiger partial charge on any atom is 0.490 e. The Kier molecular flexibility index (Phi) is 19.8. The second kappa shape index (κ2) is 25.1. The second-order valence-electron chi connectivity index (χ2n) is 16.7. The molecule has 0 spiro atoms. The lowest BCUT2D eigenvalue weighted by molar-refractivity contribution is -0.700. The molecule has 0 bridgehead atoms. The lowest BCUT2D eigenvalue weighted by Crippen LogP contribution is -2.37. The van der Waals surface area contributed by atoms with Crippen molar-refractivity contribution in [3.63, 3.8) is 0 Å². The molecule has 31 heteroatoms. The molecule has 2 unspecified atom stereocenters. The second-order valence-corrected chi connectivity index (χ2v) is 22.5. The van der Waals surface area contributed by atoms with Gasteiger partial charge in [0.25, 0.3) is 10.1 Å². The molecular formula is C42H58N8O19P3S+. The number of phosphoric ester groups is 1. The molecule has 0 aliphatic carbocycles. The summed E-state index contributed by atoms with van der Waals surface area (Å²) in [6.07, 6.45) is 6.06. The number of unbranched alkanes of at least 4 members (excludes halogenated alkanes) is 5. The first-order valence-corrected chi connectivity index (χ1v) is 28.9. The van der Waals surface area contributed by atoms with Gasteiger partial charge in [0.05, 0.1) is 18.5 Å². The molecule has 1 aliphatic rings. The summed E-state index contributed by atoms with van der Waals surface area (Å²) in [6, 6.07) is 10.2. The first-order valence-electron chi connectivity index (χ1n) is 23.0. The first kappa shape index (κ1) is 57.4. The van der Waals surface area contributed by atoms with Gasteiger partial charge >= 0.3 is 29.1 Å². The van der Waals surface area contributed by atoms with Crippen molar-refractivity contribution in [1.82, 2.24) is 24.8 Å². The molecule has 1 aliphatic heterocycles. The van der Waals surface area contributed by atoms with Gasteiger partial charge in [-0.15, -0.1) is 0 Å². The number of amides is 1. The number of aryl methyl sites for hydroxylation is 1. The maximum atomic E-state index is 12.9. The number of hydrogen-bond acceptors (Lipinski definition) is 19. The van der Waals surface area contributed by atoms with Gasteiger partial charge in [-0.1, -0.05) is 12.8 Å². The topological polar surface area (TPSA) is 386 Å². The van der Waals surface area contributed by atoms with Crippen LogP contribution in [0.1, 0.15) is 82.7 Å².